The first-order valence-electron chi connectivity index (χ1n) is 7.20. The molecule has 5 atom stereocenters. The van der Waals surface area contributed by atoms with E-state index < -0.39 is 24.5 Å². The van der Waals surface area contributed by atoms with Crippen LogP contribution in [-0.4, -0.2) is 62.7 Å². The minimum atomic E-state index is -0.822. The summed E-state index contributed by atoms with van der Waals surface area (Å²) in [5.74, 6) is 0. The second kappa shape index (κ2) is 6.53. The Kier molecular flexibility index (Phi) is 4.49. The van der Waals surface area contributed by atoms with Gasteiger partial charge in [0.2, 0.25) is 0 Å². The normalized spacial score (nSPS) is 34.8. The molecule has 5 unspecified atom stereocenters. The number of ether oxygens (including phenoxy) is 6. The molecule has 0 radical (unpaired) electrons. The summed E-state index contributed by atoms with van der Waals surface area (Å²) in [7, 11) is 0. The van der Waals surface area contributed by atoms with E-state index in [1.165, 1.54) is 6.08 Å². The molecule has 0 N–H and O–H groups in total. The van der Waals surface area contributed by atoms with Gasteiger partial charge in [-0.2, -0.15) is 0 Å². The molecule has 0 amide bonds. The zero-order valence-corrected chi connectivity index (χ0v) is 12.0. The average Bonchev–Trinajstić information content (AvgIpc) is 3.38. The van der Waals surface area contributed by atoms with Crippen LogP contribution >= 0.6 is 0 Å². The van der Waals surface area contributed by atoms with Gasteiger partial charge in [0.25, 0.3) is 0 Å². The standard InChI is InChI=1S/C14H18O8/c1-2-3-17-13(15)21-11-4-9-10(20-9)5-12(11)22-14(16)19-7-8-6-18-8/h2,8-12H,1,3-7H2. The second-order valence-corrected chi connectivity index (χ2v) is 5.36. The number of carbonyl (C=O) groups is 2. The van der Waals surface area contributed by atoms with Crippen molar-refractivity contribution in [1.29, 1.82) is 0 Å². The summed E-state index contributed by atoms with van der Waals surface area (Å²) >= 11 is 0. The molecule has 3 fully saturated rings. The Hall–Kier alpha value is -1.80. The topological polar surface area (TPSA) is 96.1 Å². The molecule has 2 heterocycles. The summed E-state index contributed by atoms with van der Waals surface area (Å²) in [6.07, 6.45) is -0.384. The molecule has 3 aliphatic rings. The van der Waals surface area contributed by atoms with E-state index in [-0.39, 0.29) is 31.5 Å². The monoisotopic (exact) mass is 314 g/mol. The van der Waals surface area contributed by atoms with Crippen molar-refractivity contribution in [2.45, 2.75) is 43.4 Å². The van der Waals surface area contributed by atoms with E-state index >= 15 is 0 Å². The number of hydrogen-bond donors (Lipinski definition) is 0. The number of carbonyl (C=O) groups excluding carboxylic acids is 2. The molecule has 0 bridgehead atoms. The van der Waals surface area contributed by atoms with Crippen molar-refractivity contribution >= 4 is 12.3 Å². The largest absolute Gasteiger partial charge is 0.508 e. The van der Waals surface area contributed by atoms with Gasteiger partial charge >= 0.3 is 12.3 Å². The average molecular weight is 314 g/mol. The summed E-state index contributed by atoms with van der Waals surface area (Å²) < 4.78 is 30.5. The van der Waals surface area contributed by atoms with Crippen LogP contribution in [0.1, 0.15) is 12.8 Å². The van der Waals surface area contributed by atoms with Gasteiger partial charge in [-0.25, -0.2) is 9.59 Å². The molecule has 22 heavy (non-hydrogen) atoms. The van der Waals surface area contributed by atoms with E-state index in [0.717, 1.165) is 0 Å². The third kappa shape index (κ3) is 4.11. The maximum Gasteiger partial charge on any atom is 0.508 e. The van der Waals surface area contributed by atoms with Crippen LogP contribution in [0.3, 0.4) is 0 Å². The molecular formula is C14H18O8. The lowest BCUT2D eigenvalue weighted by Gasteiger charge is -2.27. The van der Waals surface area contributed by atoms with Gasteiger partial charge < -0.3 is 28.4 Å². The maximum atomic E-state index is 11.6. The lowest BCUT2D eigenvalue weighted by atomic mass is 9.95. The highest BCUT2D eigenvalue weighted by atomic mass is 16.8. The van der Waals surface area contributed by atoms with Gasteiger partial charge in [0.15, 0.2) is 0 Å². The molecule has 8 heteroatoms. The smallest absolute Gasteiger partial charge is 0.431 e. The van der Waals surface area contributed by atoms with Gasteiger partial charge in [0.1, 0.15) is 31.5 Å². The van der Waals surface area contributed by atoms with Crippen molar-refractivity contribution in [3.05, 3.63) is 12.7 Å². The van der Waals surface area contributed by atoms with Crippen molar-refractivity contribution < 1.29 is 38.0 Å². The molecular weight excluding hydrogens is 296 g/mol. The minimum absolute atomic E-state index is 0.0315. The van der Waals surface area contributed by atoms with Crippen molar-refractivity contribution in [1.82, 2.24) is 0 Å². The summed E-state index contributed by atoms with van der Waals surface area (Å²) in [4.78, 5) is 23.2. The van der Waals surface area contributed by atoms with Crippen LogP contribution in [0.15, 0.2) is 12.7 Å². The Morgan fingerprint density at radius 1 is 1.09 bits per heavy atom. The molecule has 0 aromatic heterocycles. The Labute approximate surface area is 127 Å². The fourth-order valence-electron chi connectivity index (χ4n) is 2.37. The Balaban J connectivity index is 1.48. The van der Waals surface area contributed by atoms with Gasteiger partial charge in [-0.05, 0) is 0 Å². The maximum absolute atomic E-state index is 11.6. The number of rotatable bonds is 6. The van der Waals surface area contributed by atoms with E-state index in [9.17, 15) is 9.59 Å². The van der Waals surface area contributed by atoms with Crippen LogP contribution < -0.4 is 0 Å². The zero-order chi connectivity index (χ0) is 15.5. The predicted octanol–water partition coefficient (Wildman–Crippen LogP) is 1.18. The lowest BCUT2D eigenvalue weighted by molar-refractivity contribution is -0.0655. The van der Waals surface area contributed by atoms with Crippen LogP contribution in [-0.2, 0) is 28.4 Å². The number of fused-ring (bicyclic) bond motifs is 1. The van der Waals surface area contributed by atoms with E-state index in [1.54, 1.807) is 0 Å². The third-order valence-electron chi connectivity index (χ3n) is 3.64. The van der Waals surface area contributed by atoms with Gasteiger partial charge in [0.05, 0.1) is 18.8 Å². The SMILES string of the molecule is C=CCOC(=O)OC1CC2OC2CC1OC(=O)OCC1CO1. The fraction of sp³-hybridized carbons (Fsp3) is 0.714. The van der Waals surface area contributed by atoms with Gasteiger partial charge in [-0.15, -0.1) is 0 Å². The lowest BCUT2D eigenvalue weighted by Crippen LogP contribution is -2.41. The van der Waals surface area contributed by atoms with E-state index in [2.05, 4.69) is 6.58 Å². The Bertz CT molecular complexity index is 446. The summed E-state index contributed by atoms with van der Waals surface area (Å²) in [5.41, 5.74) is 0. The van der Waals surface area contributed by atoms with Crippen LogP contribution in [0.4, 0.5) is 9.59 Å². The first-order chi connectivity index (χ1) is 10.7. The van der Waals surface area contributed by atoms with Crippen molar-refractivity contribution in [2.24, 2.45) is 0 Å². The minimum Gasteiger partial charge on any atom is -0.431 e. The molecule has 1 saturated carbocycles. The summed E-state index contributed by atoms with van der Waals surface area (Å²) in [5, 5.41) is 0. The van der Waals surface area contributed by atoms with Crippen LogP contribution in [0, 0.1) is 0 Å². The molecule has 3 rings (SSSR count). The molecule has 2 saturated heterocycles. The third-order valence-corrected chi connectivity index (χ3v) is 3.64. The Morgan fingerprint density at radius 3 is 2.23 bits per heavy atom. The highest BCUT2D eigenvalue weighted by Gasteiger charge is 2.51. The highest BCUT2D eigenvalue weighted by molar-refractivity contribution is 5.61. The van der Waals surface area contributed by atoms with Gasteiger partial charge in [-0.1, -0.05) is 12.7 Å². The van der Waals surface area contributed by atoms with Crippen molar-refractivity contribution in [3.8, 4) is 0 Å². The summed E-state index contributed by atoms with van der Waals surface area (Å²) in [6.45, 7) is 4.26. The van der Waals surface area contributed by atoms with E-state index in [1.807, 2.05) is 0 Å². The molecule has 2 aliphatic heterocycles. The molecule has 0 spiro atoms. The van der Waals surface area contributed by atoms with Crippen molar-refractivity contribution in [3.63, 3.8) is 0 Å². The highest BCUT2D eigenvalue weighted by Crippen LogP contribution is 2.39. The summed E-state index contributed by atoms with van der Waals surface area (Å²) in [6, 6.07) is 0. The van der Waals surface area contributed by atoms with Gasteiger partial charge in [0, 0.05) is 12.8 Å². The van der Waals surface area contributed by atoms with E-state index in [4.69, 9.17) is 28.4 Å². The Morgan fingerprint density at radius 2 is 1.68 bits per heavy atom. The zero-order valence-electron chi connectivity index (χ0n) is 12.0. The van der Waals surface area contributed by atoms with Crippen LogP contribution in [0.2, 0.25) is 0 Å². The van der Waals surface area contributed by atoms with Crippen LogP contribution in [0.5, 0.6) is 0 Å². The van der Waals surface area contributed by atoms with Gasteiger partial charge in [-0.3, -0.25) is 0 Å². The molecule has 0 aromatic carbocycles. The molecule has 8 nitrogen and oxygen atoms in total. The fourth-order valence-corrected chi connectivity index (χ4v) is 2.37. The molecule has 0 aromatic rings. The quantitative estimate of drug-likeness (QED) is 0.409. The first kappa shape index (κ1) is 15.1. The van der Waals surface area contributed by atoms with E-state index in [0.29, 0.717) is 19.4 Å². The molecule has 1 aliphatic carbocycles. The van der Waals surface area contributed by atoms with Crippen molar-refractivity contribution in [2.75, 3.05) is 19.8 Å². The first-order valence-corrected chi connectivity index (χ1v) is 7.20. The number of epoxide rings is 2. The number of hydrogen-bond acceptors (Lipinski definition) is 8. The van der Waals surface area contributed by atoms with Crippen LogP contribution in [0.25, 0.3) is 0 Å². The second-order valence-electron chi connectivity index (χ2n) is 5.36. The molecule has 122 valence electrons. The predicted molar refractivity (Wildman–Crippen MR) is 70.3 cm³/mol.